The van der Waals surface area contributed by atoms with Crippen molar-refractivity contribution in [3.8, 4) is 0 Å². The first kappa shape index (κ1) is 21.7. The Labute approximate surface area is 127 Å². The number of nitrogens with one attached hydrogen (secondary N) is 2. The predicted octanol–water partition coefficient (Wildman–Crippen LogP) is 1.79. The number of hydrogen-bond acceptors (Lipinski definition) is 3. The third-order valence-electron chi connectivity index (χ3n) is 2.30. The van der Waals surface area contributed by atoms with Gasteiger partial charge in [-0.25, -0.2) is 0 Å². The quantitative estimate of drug-likeness (QED) is 0.737. The van der Waals surface area contributed by atoms with Crippen molar-refractivity contribution in [1.82, 2.24) is 10.6 Å². The van der Waals surface area contributed by atoms with E-state index in [9.17, 15) is 14.4 Å². The Bertz CT molecular complexity index is 352. The van der Waals surface area contributed by atoms with E-state index in [-0.39, 0.29) is 23.8 Å². The summed E-state index contributed by atoms with van der Waals surface area (Å²) in [6.45, 7) is 13.4. The van der Waals surface area contributed by atoms with Gasteiger partial charge in [0.2, 0.25) is 11.8 Å². The Morgan fingerprint density at radius 1 is 0.857 bits per heavy atom. The van der Waals surface area contributed by atoms with Crippen molar-refractivity contribution < 1.29 is 19.5 Å². The molecule has 3 N–H and O–H groups in total. The van der Waals surface area contributed by atoms with Crippen molar-refractivity contribution in [2.45, 2.75) is 54.9 Å². The second kappa shape index (κ2) is 9.37. The molecule has 21 heavy (non-hydrogen) atoms. The molecule has 0 aliphatic rings. The second-order valence-electron chi connectivity index (χ2n) is 6.83. The highest BCUT2D eigenvalue weighted by Gasteiger charge is 2.21. The summed E-state index contributed by atoms with van der Waals surface area (Å²) in [5.41, 5.74) is -0.759. The summed E-state index contributed by atoms with van der Waals surface area (Å²) in [6.07, 6.45) is 1.00. The molecule has 6 nitrogen and oxygen atoms in total. The molecule has 0 bridgehead atoms. The lowest BCUT2D eigenvalue weighted by Gasteiger charge is -2.16. The number of aliphatic carboxylic acids is 1. The maximum absolute atomic E-state index is 11.1. The standard InChI is InChI=1S/C8H17NO.C7H13NO3/c1-5-6-9-7(10)8(2,3)4;1-7(2,3)6(11)8-4-5(9)10/h5-6H2,1-4H3,(H,9,10);4H2,1-3H3,(H,8,11)(H,9,10). The van der Waals surface area contributed by atoms with E-state index in [4.69, 9.17) is 5.11 Å². The third kappa shape index (κ3) is 13.2. The number of amides is 2. The van der Waals surface area contributed by atoms with Crippen LogP contribution in [0.5, 0.6) is 0 Å². The molecule has 0 unspecified atom stereocenters. The lowest BCUT2D eigenvalue weighted by Crippen LogP contribution is -2.37. The van der Waals surface area contributed by atoms with E-state index in [1.807, 2.05) is 27.7 Å². The van der Waals surface area contributed by atoms with Gasteiger partial charge in [-0.05, 0) is 6.42 Å². The first-order chi connectivity index (χ1) is 9.32. The van der Waals surface area contributed by atoms with Crippen LogP contribution < -0.4 is 10.6 Å². The number of carboxylic acids is 1. The Kier molecular flexibility index (Phi) is 9.68. The van der Waals surface area contributed by atoms with Crippen molar-refractivity contribution in [3.63, 3.8) is 0 Å². The lowest BCUT2D eigenvalue weighted by molar-refractivity contribution is -0.139. The second-order valence-corrected chi connectivity index (χ2v) is 6.83. The topological polar surface area (TPSA) is 95.5 Å². The largest absolute Gasteiger partial charge is 0.480 e. The van der Waals surface area contributed by atoms with Crippen molar-refractivity contribution in [3.05, 3.63) is 0 Å². The van der Waals surface area contributed by atoms with Crippen molar-refractivity contribution >= 4 is 17.8 Å². The zero-order valence-electron chi connectivity index (χ0n) is 14.3. The number of carboxylic acid groups (broad SMARTS) is 1. The Morgan fingerprint density at radius 2 is 1.24 bits per heavy atom. The van der Waals surface area contributed by atoms with Gasteiger partial charge in [-0.1, -0.05) is 48.5 Å². The molecule has 0 aliphatic carbocycles. The van der Waals surface area contributed by atoms with Crippen LogP contribution in [0.15, 0.2) is 0 Å². The maximum Gasteiger partial charge on any atom is 0.322 e. The minimum absolute atomic E-state index is 0.134. The van der Waals surface area contributed by atoms with E-state index in [0.717, 1.165) is 13.0 Å². The van der Waals surface area contributed by atoms with Crippen LogP contribution in [0.3, 0.4) is 0 Å². The van der Waals surface area contributed by atoms with Crippen molar-refractivity contribution in [2.24, 2.45) is 10.8 Å². The molecule has 0 aromatic rings. The minimum Gasteiger partial charge on any atom is -0.480 e. The van der Waals surface area contributed by atoms with Crippen LogP contribution in [0, 0.1) is 10.8 Å². The van der Waals surface area contributed by atoms with Crippen LogP contribution in [0.25, 0.3) is 0 Å². The first-order valence-corrected chi connectivity index (χ1v) is 7.10. The molecule has 0 atom stereocenters. The Morgan fingerprint density at radius 3 is 1.52 bits per heavy atom. The highest BCUT2D eigenvalue weighted by atomic mass is 16.4. The van der Waals surface area contributed by atoms with Gasteiger partial charge in [0.25, 0.3) is 0 Å². The van der Waals surface area contributed by atoms with Gasteiger partial charge in [-0.3, -0.25) is 14.4 Å². The highest BCUT2D eigenvalue weighted by Crippen LogP contribution is 2.12. The van der Waals surface area contributed by atoms with Gasteiger partial charge in [-0.2, -0.15) is 0 Å². The molecule has 0 aliphatic heterocycles. The molecule has 0 aromatic heterocycles. The molecule has 0 saturated heterocycles. The number of carbonyl (C=O) groups is 3. The lowest BCUT2D eigenvalue weighted by atomic mass is 9.96. The molecule has 0 fully saturated rings. The molecule has 0 heterocycles. The zero-order chi connectivity index (χ0) is 17.3. The smallest absolute Gasteiger partial charge is 0.322 e. The van der Waals surface area contributed by atoms with E-state index in [1.165, 1.54) is 0 Å². The van der Waals surface area contributed by atoms with Gasteiger partial charge in [0, 0.05) is 17.4 Å². The Balaban J connectivity index is 0. The minimum atomic E-state index is -1.03. The van der Waals surface area contributed by atoms with E-state index in [1.54, 1.807) is 20.8 Å². The molecule has 0 spiro atoms. The van der Waals surface area contributed by atoms with Crippen molar-refractivity contribution in [2.75, 3.05) is 13.1 Å². The van der Waals surface area contributed by atoms with E-state index < -0.39 is 11.4 Å². The van der Waals surface area contributed by atoms with Crippen LogP contribution in [-0.2, 0) is 14.4 Å². The van der Waals surface area contributed by atoms with E-state index >= 15 is 0 Å². The van der Waals surface area contributed by atoms with Crippen molar-refractivity contribution in [1.29, 1.82) is 0 Å². The van der Waals surface area contributed by atoms with Gasteiger partial charge in [0.1, 0.15) is 6.54 Å². The van der Waals surface area contributed by atoms with Gasteiger partial charge in [0.05, 0.1) is 0 Å². The fourth-order valence-electron chi connectivity index (χ4n) is 0.925. The van der Waals surface area contributed by atoms with Crippen LogP contribution in [-0.4, -0.2) is 36.0 Å². The summed E-state index contributed by atoms with van der Waals surface area (Å²) < 4.78 is 0. The molecule has 2 amide bonds. The summed E-state index contributed by atoms with van der Waals surface area (Å²) >= 11 is 0. The molecule has 0 aromatic carbocycles. The molecular weight excluding hydrogens is 272 g/mol. The molecule has 6 heteroatoms. The van der Waals surface area contributed by atoms with Crippen LogP contribution in [0.2, 0.25) is 0 Å². The molecule has 0 radical (unpaired) electrons. The van der Waals surface area contributed by atoms with E-state index in [2.05, 4.69) is 10.6 Å². The average Bonchev–Trinajstić information content (AvgIpc) is 2.31. The van der Waals surface area contributed by atoms with Gasteiger partial charge in [0.15, 0.2) is 0 Å². The van der Waals surface area contributed by atoms with Gasteiger partial charge in [-0.15, -0.1) is 0 Å². The third-order valence-corrected chi connectivity index (χ3v) is 2.30. The number of carbonyl (C=O) groups excluding carboxylic acids is 2. The molecule has 124 valence electrons. The molecular formula is C15H30N2O4. The number of rotatable bonds is 4. The summed E-state index contributed by atoms with van der Waals surface area (Å²) in [4.78, 5) is 32.1. The molecule has 0 rings (SSSR count). The zero-order valence-corrected chi connectivity index (χ0v) is 14.3. The van der Waals surface area contributed by atoms with Gasteiger partial charge < -0.3 is 15.7 Å². The van der Waals surface area contributed by atoms with Gasteiger partial charge >= 0.3 is 5.97 Å². The summed E-state index contributed by atoms with van der Waals surface area (Å²) in [5.74, 6) is -1.14. The summed E-state index contributed by atoms with van der Waals surface area (Å²) in [5, 5.41) is 13.3. The van der Waals surface area contributed by atoms with Crippen LogP contribution >= 0.6 is 0 Å². The van der Waals surface area contributed by atoms with E-state index in [0.29, 0.717) is 0 Å². The van der Waals surface area contributed by atoms with Crippen LogP contribution in [0.4, 0.5) is 0 Å². The number of hydrogen-bond donors (Lipinski definition) is 3. The fraction of sp³-hybridized carbons (Fsp3) is 0.800. The summed E-state index contributed by atoms with van der Waals surface area (Å²) in [7, 11) is 0. The normalized spacial score (nSPS) is 11.0. The SMILES string of the molecule is CC(C)(C)C(=O)NCC(=O)O.CCCNC(=O)C(C)(C)C. The fourth-order valence-corrected chi connectivity index (χ4v) is 0.925. The Hall–Kier alpha value is -1.59. The average molecular weight is 302 g/mol. The van der Waals surface area contributed by atoms with Crippen LogP contribution in [0.1, 0.15) is 54.9 Å². The highest BCUT2D eigenvalue weighted by molar-refractivity contribution is 5.84. The summed E-state index contributed by atoms with van der Waals surface area (Å²) in [6, 6.07) is 0. The first-order valence-electron chi connectivity index (χ1n) is 7.10. The molecule has 0 saturated carbocycles. The maximum atomic E-state index is 11.1. The predicted molar refractivity (Wildman–Crippen MR) is 82.9 cm³/mol. The monoisotopic (exact) mass is 302 g/mol.